The molecule has 23 heavy (non-hydrogen) atoms. The minimum atomic E-state index is -3.81. The summed E-state index contributed by atoms with van der Waals surface area (Å²) in [6, 6.07) is 0. The van der Waals surface area contributed by atoms with Gasteiger partial charge < -0.3 is 30.8 Å². The first-order valence-electron chi connectivity index (χ1n) is 7.48. The van der Waals surface area contributed by atoms with Crippen molar-refractivity contribution in [1.82, 2.24) is 0 Å². The van der Waals surface area contributed by atoms with E-state index < -0.39 is 13.4 Å². The quantitative estimate of drug-likeness (QED) is 0.180. The SMILES string of the molecule is CCCCCCCCCCCC.OP(O)(O)=S.OP(O)(O)=S.[H-].[Na+]. The average molecular weight is 422 g/mol. The summed E-state index contributed by atoms with van der Waals surface area (Å²) >= 11 is 7.21. The van der Waals surface area contributed by atoms with Crippen LogP contribution in [0.15, 0.2) is 0 Å². The van der Waals surface area contributed by atoms with E-state index in [0.717, 1.165) is 0 Å². The third-order valence-electron chi connectivity index (χ3n) is 2.46. The predicted molar refractivity (Wildman–Crippen MR) is 101 cm³/mol. The van der Waals surface area contributed by atoms with Crippen LogP contribution in [-0.4, -0.2) is 29.4 Å². The molecule has 0 aromatic carbocycles. The van der Waals surface area contributed by atoms with Gasteiger partial charge >= 0.3 is 43.0 Å². The molecule has 140 valence electrons. The van der Waals surface area contributed by atoms with E-state index in [-0.39, 0.29) is 31.0 Å². The molecule has 0 aromatic rings. The van der Waals surface area contributed by atoms with Crippen LogP contribution in [0.25, 0.3) is 0 Å². The zero-order chi connectivity index (χ0) is 18.1. The summed E-state index contributed by atoms with van der Waals surface area (Å²) in [5.74, 6) is 0. The molecular formula is C12H33NaO6P2S2. The van der Waals surface area contributed by atoms with Gasteiger partial charge in [0.15, 0.2) is 0 Å². The van der Waals surface area contributed by atoms with Crippen LogP contribution < -0.4 is 29.6 Å². The first-order valence-corrected chi connectivity index (χ1v) is 12.8. The van der Waals surface area contributed by atoms with Gasteiger partial charge in [0.25, 0.3) is 0 Å². The van der Waals surface area contributed by atoms with Crippen molar-refractivity contribution in [3.8, 4) is 0 Å². The van der Waals surface area contributed by atoms with Crippen molar-refractivity contribution in [3.05, 3.63) is 0 Å². The molecule has 0 bridgehead atoms. The normalized spacial score (nSPS) is 10.6. The van der Waals surface area contributed by atoms with Crippen LogP contribution in [0.1, 0.15) is 79.5 Å². The van der Waals surface area contributed by atoms with Gasteiger partial charge in [0.05, 0.1) is 0 Å². The van der Waals surface area contributed by atoms with Crippen molar-refractivity contribution < 1.29 is 60.3 Å². The maximum absolute atomic E-state index is 7.56. The summed E-state index contributed by atoms with van der Waals surface area (Å²) < 4.78 is 0. The van der Waals surface area contributed by atoms with E-state index in [0.29, 0.717) is 0 Å². The molecule has 0 atom stereocenters. The van der Waals surface area contributed by atoms with Gasteiger partial charge in [-0.15, -0.1) is 0 Å². The Morgan fingerprint density at radius 2 is 0.696 bits per heavy atom. The predicted octanol–water partition coefficient (Wildman–Crippen LogP) is 0.419. The molecule has 6 N–H and O–H groups in total. The van der Waals surface area contributed by atoms with Crippen LogP contribution in [0.3, 0.4) is 0 Å². The third kappa shape index (κ3) is 95.7. The Morgan fingerprint density at radius 1 is 0.565 bits per heavy atom. The molecule has 0 aromatic heterocycles. The van der Waals surface area contributed by atoms with E-state index in [1.165, 1.54) is 64.2 Å². The number of unbranched alkanes of at least 4 members (excludes halogenated alkanes) is 9. The van der Waals surface area contributed by atoms with Crippen molar-refractivity contribution >= 4 is 37.1 Å². The fourth-order valence-corrected chi connectivity index (χ4v) is 1.56. The summed E-state index contributed by atoms with van der Waals surface area (Å²) in [7, 11) is 0. The van der Waals surface area contributed by atoms with E-state index in [9.17, 15) is 0 Å². The summed E-state index contributed by atoms with van der Waals surface area (Å²) in [6.45, 7) is -3.05. The largest absolute Gasteiger partial charge is 1.00 e. The van der Waals surface area contributed by atoms with Gasteiger partial charge in [0.1, 0.15) is 0 Å². The van der Waals surface area contributed by atoms with E-state index in [4.69, 9.17) is 29.4 Å². The summed E-state index contributed by atoms with van der Waals surface area (Å²) in [5.41, 5.74) is 0. The van der Waals surface area contributed by atoms with Crippen LogP contribution in [0.4, 0.5) is 0 Å². The van der Waals surface area contributed by atoms with Crippen LogP contribution in [0.2, 0.25) is 0 Å². The third-order valence-corrected chi connectivity index (χ3v) is 2.46. The van der Waals surface area contributed by atoms with Gasteiger partial charge in [-0.3, -0.25) is 0 Å². The molecule has 0 aliphatic carbocycles. The molecule has 0 spiro atoms. The number of rotatable bonds is 9. The average Bonchev–Trinajstić information content (AvgIpc) is 2.28. The smallest absolute Gasteiger partial charge is 1.00 e. The Kier molecular flexibility index (Phi) is 31.4. The molecule has 0 amide bonds. The van der Waals surface area contributed by atoms with Crippen molar-refractivity contribution in [2.45, 2.75) is 78.1 Å². The monoisotopic (exact) mass is 422 g/mol. The molecule has 0 heterocycles. The second-order valence-electron chi connectivity index (χ2n) is 4.85. The maximum atomic E-state index is 7.56. The molecule has 0 aliphatic heterocycles. The van der Waals surface area contributed by atoms with Crippen molar-refractivity contribution in [1.29, 1.82) is 0 Å². The standard InChI is InChI=1S/C12H26.Na.2H3O3PS.H/c1-3-5-7-9-11-12-10-8-6-4-2;;2*1-4(2,3)5;/h3-12H2,1-2H3;;2*(H3,1,2,3,5);/q;+1;;;-1. The van der Waals surface area contributed by atoms with Crippen molar-refractivity contribution in [2.24, 2.45) is 0 Å². The molecule has 0 radical (unpaired) electrons. The Hall–Kier alpha value is 2.06. The minimum absolute atomic E-state index is 0. The molecule has 0 unspecified atom stereocenters. The maximum Gasteiger partial charge on any atom is 1.00 e. The van der Waals surface area contributed by atoms with Gasteiger partial charge in [0, 0.05) is 0 Å². The number of hydrogen-bond donors (Lipinski definition) is 6. The second kappa shape index (κ2) is 22.1. The molecule has 0 saturated heterocycles. The van der Waals surface area contributed by atoms with Crippen LogP contribution >= 0.6 is 13.4 Å². The Balaban J connectivity index is -0.0000000847. The Labute approximate surface area is 174 Å². The molecule has 0 aliphatic rings. The molecule has 0 fully saturated rings. The van der Waals surface area contributed by atoms with E-state index >= 15 is 0 Å². The topological polar surface area (TPSA) is 121 Å². The van der Waals surface area contributed by atoms with Gasteiger partial charge in [-0.25, -0.2) is 0 Å². The molecule has 0 saturated carbocycles. The van der Waals surface area contributed by atoms with Gasteiger partial charge in [-0.1, -0.05) is 78.1 Å². The van der Waals surface area contributed by atoms with Gasteiger partial charge in [-0.2, -0.15) is 0 Å². The van der Waals surface area contributed by atoms with Crippen LogP contribution in [-0.2, 0) is 23.6 Å². The zero-order valence-corrected chi connectivity index (χ0v) is 19.9. The fraction of sp³-hybridized carbons (Fsp3) is 1.00. The summed E-state index contributed by atoms with van der Waals surface area (Å²) in [4.78, 5) is 45.3. The summed E-state index contributed by atoms with van der Waals surface area (Å²) in [6.07, 6.45) is 14.4. The Morgan fingerprint density at radius 3 is 0.826 bits per heavy atom. The van der Waals surface area contributed by atoms with Crippen molar-refractivity contribution in [2.75, 3.05) is 0 Å². The van der Waals surface area contributed by atoms with Crippen LogP contribution in [0, 0.1) is 0 Å². The van der Waals surface area contributed by atoms with Gasteiger partial charge in [-0.05, 0) is 23.6 Å². The second-order valence-corrected chi connectivity index (χ2v) is 9.85. The molecule has 0 rings (SSSR count). The molecule has 11 heteroatoms. The Bertz CT molecular complexity index is 271. The molecular weight excluding hydrogens is 389 g/mol. The van der Waals surface area contributed by atoms with Gasteiger partial charge in [0.2, 0.25) is 0 Å². The van der Waals surface area contributed by atoms with E-state index in [1.54, 1.807) is 0 Å². The van der Waals surface area contributed by atoms with E-state index in [1.807, 2.05) is 0 Å². The van der Waals surface area contributed by atoms with E-state index in [2.05, 4.69) is 37.5 Å². The first kappa shape index (κ1) is 32.7. The zero-order valence-electron chi connectivity index (χ0n) is 15.5. The van der Waals surface area contributed by atoms with Crippen molar-refractivity contribution in [3.63, 3.8) is 0 Å². The summed E-state index contributed by atoms with van der Waals surface area (Å²) in [5, 5.41) is 0. The van der Waals surface area contributed by atoms with Crippen LogP contribution in [0.5, 0.6) is 0 Å². The molecule has 6 nitrogen and oxygen atoms in total. The number of hydrogen-bond acceptors (Lipinski definition) is 2. The fourth-order valence-electron chi connectivity index (χ4n) is 1.56. The minimum Gasteiger partial charge on any atom is -1.00 e. The first-order chi connectivity index (χ1) is 9.91.